The molecule has 1 aromatic carbocycles. The Hall–Kier alpha value is -1.72. The van der Waals surface area contributed by atoms with Gasteiger partial charge < -0.3 is 9.84 Å². The van der Waals surface area contributed by atoms with E-state index in [1.54, 1.807) is 12.1 Å². The molecule has 2 heterocycles. The Morgan fingerprint density at radius 3 is 3.00 bits per heavy atom. The van der Waals surface area contributed by atoms with E-state index in [0.29, 0.717) is 5.75 Å². The molecule has 5 nitrogen and oxygen atoms in total. The lowest BCUT2D eigenvalue weighted by Gasteiger charge is -2.26. The average Bonchev–Trinajstić information content (AvgIpc) is 2.93. The number of hydrogen-bond donors (Lipinski definition) is 2. The van der Waals surface area contributed by atoms with Crippen LogP contribution < -0.4 is 4.74 Å². The number of ether oxygens (including phenoxy) is 1. The minimum absolute atomic E-state index is 0.0371. The quantitative estimate of drug-likeness (QED) is 0.907. The number of phenolic OH excluding ortho intramolecular Hbond substituents is 1. The Balaban J connectivity index is 2.00. The molecule has 0 atom stereocenters. The Morgan fingerprint density at radius 2 is 2.27 bits per heavy atom. The SMILES string of the molecule is CCCN1CCc2[nH]nc(-c3cc(Cl)c(O)c(OC)c3)c2C1. The number of phenols is 1. The fourth-order valence-electron chi connectivity index (χ4n) is 2.96. The van der Waals surface area contributed by atoms with Gasteiger partial charge in [-0.15, -0.1) is 0 Å². The van der Waals surface area contributed by atoms with Gasteiger partial charge in [0.05, 0.1) is 17.8 Å². The van der Waals surface area contributed by atoms with E-state index < -0.39 is 0 Å². The third kappa shape index (κ3) is 2.66. The summed E-state index contributed by atoms with van der Waals surface area (Å²) in [5, 5.41) is 17.7. The van der Waals surface area contributed by atoms with Crippen molar-refractivity contribution in [2.45, 2.75) is 26.3 Å². The largest absolute Gasteiger partial charge is 0.503 e. The molecule has 1 aliphatic heterocycles. The van der Waals surface area contributed by atoms with Crippen molar-refractivity contribution in [2.75, 3.05) is 20.2 Å². The zero-order valence-electron chi connectivity index (χ0n) is 12.8. The maximum Gasteiger partial charge on any atom is 0.176 e. The first-order valence-corrected chi connectivity index (χ1v) is 7.87. The first-order valence-electron chi connectivity index (χ1n) is 7.49. The van der Waals surface area contributed by atoms with E-state index >= 15 is 0 Å². The van der Waals surface area contributed by atoms with Crippen molar-refractivity contribution in [1.29, 1.82) is 0 Å². The number of halogens is 1. The lowest BCUT2D eigenvalue weighted by molar-refractivity contribution is 0.254. The molecule has 0 unspecified atom stereocenters. The Kier molecular flexibility index (Phi) is 4.27. The number of aromatic amines is 1. The zero-order valence-corrected chi connectivity index (χ0v) is 13.6. The van der Waals surface area contributed by atoms with Crippen LogP contribution in [0.3, 0.4) is 0 Å². The first kappa shape index (κ1) is 15.2. The molecule has 0 saturated heterocycles. The van der Waals surface area contributed by atoms with Crippen LogP contribution in [0.1, 0.15) is 24.6 Å². The second-order valence-electron chi connectivity index (χ2n) is 5.56. The summed E-state index contributed by atoms with van der Waals surface area (Å²) < 4.78 is 5.19. The van der Waals surface area contributed by atoms with Gasteiger partial charge in [0.25, 0.3) is 0 Å². The third-order valence-electron chi connectivity index (χ3n) is 4.07. The Bertz CT molecular complexity index is 684. The lowest BCUT2D eigenvalue weighted by Crippen LogP contribution is -2.31. The van der Waals surface area contributed by atoms with E-state index in [-0.39, 0.29) is 10.8 Å². The van der Waals surface area contributed by atoms with Crippen molar-refractivity contribution in [2.24, 2.45) is 0 Å². The lowest BCUT2D eigenvalue weighted by atomic mass is 10.0. The Labute approximate surface area is 134 Å². The molecule has 0 aliphatic carbocycles. The summed E-state index contributed by atoms with van der Waals surface area (Å²) in [5.41, 5.74) is 4.14. The third-order valence-corrected chi connectivity index (χ3v) is 4.36. The van der Waals surface area contributed by atoms with Crippen LogP contribution in [0.2, 0.25) is 5.02 Å². The topological polar surface area (TPSA) is 61.4 Å². The highest BCUT2D eigenvalue weighted by Crippen LogP contribution is 2.39. The number of benzene rings is 1. The van der Waals surface area contributed by atoms with Gasteiger partial charge in [-0.25, -0.2) is 0 Å². The summed E-state index contributed by atoms with van der Waals surface area (Å²) in [4.78, 5) is 2.43. The van der Waals surface area contributed by atoms with Crippen molar-refractivity contribution in [3.63, 3.8) is 0 Å². The standard InChI is InChI=1S/C16H20ClN3O2/c1-3-5-20-6-4-13-11(9-20)15(19-18-13)10-7-12(17)16(21)14(8-10)22-2/h7-8,21H,3-6,9H2,1-2H3,(H,18,19). The van der Waals surface area contributed by atoms with Crippen LogP contribution in [0.15, 0.2) is 12.1 Å². The molecule has 1 aliphatic rings. The molecular formula is C16H20ClN3O2. The average molecular weight is 322 g/mol. The monoisotopic (exact) mass is 321 g/mol. The van der Waals surface area contributed by atoms with E-state index in [2.05, 4.69) is 22.0 Å². The van der Waals surface area contributed by atoms with Gasteiger partial charge in [-0.3, -0.25) is 10.00 Å². The van der Waals surface area contributed by atoms with Gasteiger partial charge in [0, 0.05) is 36.3 Å². The van der Waals surface area contributed by atoms with Crippen LogP contribution in [0.4, 0.5) is 0 Å². The second kappa shape index (κ2) is 6.18. The molecule has 2 aromatic rings. The van der Waals surface area contributed by atoms with Gasteiger partial charge in [0.2, 0.25) is 0 Å². The fourth-order valence-corrected chi connectivity index (χ4v) is 3.17. The van der Waals surface area contributed by atoms with Crippen LogP contribution in [0.25, 0.3) is 11.3 Å². The first-order chi connectivity index (χ1) is 10.6. The number of aromatic hydroxyl groups is 1. The smallest absolute Gasteiger partial charge is 0.176 e. The van der Waals surface area contributed by atoms with Crippen LogP contribution in [-0.4, -0.2) is 40.4 Å². The van der Waals surface area contributed by atoms with Crippen LogP contribution in [0.5, 0.6) is 11.5 Å². The maximum absolute atomic E-state index is 9.88. The normalized spacial score (nSPS) is 14.9. The molecule has 3 rings (SSSR count). The number of H-pyrrole nitrogens is 1. The van der Waals surface area contributed by atoms with Crippen molar-refractivity contribution in [1.82, 2.24) is 15.1 Å². The van der Waals surface area contributed by atoms with Crippen LogP contribution in [-0.2, 0) is 13.0 Å². The predicted molar refractivity (Wildman–Crippen MR) is 86.5 cm³/mol. The number of hydrogen-bond acceptors (Lipinski definition) is 4. The van der Waals surface area contributed by atoms with Gasteiger partial charge >= 0.3 is 0 Å². The molecule has 0 saturated carbocycles. The van der Waals surface area contributed by atoms with Gasteiger partial charge in [-0.05, 0) is 25.1 Å². The molecule has 2 N–H and O–H groups in total. The van der Waals surface area contributed by atoms with Gasteiger partial charge in [-0.1, -0.05) is 18.5 Å². The van der Waals surface area contributed by atoms with Crippen molar-refractivity contribution < 1.29 is 9.84 Å². The molecule has 22 heavy (non-hydrogen) atoms. The molecule has 0 bridgehead atoms. The Morgan fingerprint density at radius 1 is 1.45 bits per heavy atom. The highest BCUT2D eigenvalue weighted by molar-refractivity contribution is 6.32. The number of rotatable bonds is 4. The summed E-state index contributed by atoms with van der Waals surface area (Å²) >= 11 is 6.10. The van der Waals surface area contributed by atoms with Crippen LogP contribution in [0, 0.1) is 0 Å². The number of methoxy groups -OCH3 is 1. The van der Waals surface area contributed by atoms with Crippen LogP contribution >= 0.6 is 11.6 Å². The highest BCUT2D eigenvalue weighted by Gasteiger charge is 2.23. The van der Waals surface area contributed by atoms with Gasteiger partial charge in [0.1, 0.15) is 0 Å². The van der Waals surface area contributed by atoms with Crippen molar-refractivity contribution >= 4 is 11.6 Å². The number of nitrogens with zero attached hydrogens (tertiary/aromatic N) is 2. The maximum atomic E-state index is 9.88. The van der Waals surface area contributed by atoms with E-state index in [4.69, 9.17) is 16.3 Å². The van der Waals surface area contributed by atoms with E-state index in [0.717, 1.165) is 43.7 Å². The summed E-state index contributed by atoms with van der Waals surface area (Å²) in [5.74, 6) is 0.324. The number of nitrogens with one attached hydrogen (secondary N) is 1. The molecule has 6 heteroatoms. The van der Waals surface area contributed by atoms with Gasteiger partial charge in [-0.2, -0.15) is 5.10 Å². The minimum Gasteiger partial charge on any atom is -0.503 e. The molecule has 0 fully saturated rings. The predicted octanol–water partition coefficient (Wildman–Crippen LogP) is 3.21. The van der Waals surface area contributed by atoms with Crippen molar-refractivity contribution in [3.05, 3.63) is 28.4 Å². The number of aromatic nitrogens is 2. The minimum atomic E-state index is -0.0371. The fraction of sp³-hybridized carbons (Fsp3) is 0.438. The molecule has 1 aromatic heterocycles. The van der Waals surface area contributed by atoms with E-state index in [1.807, 2.05) is 0 Å². The summed E-state index contributed by atoms with van der Waals surface area (Å²) in [6, 6.07) is 3.51. The summed E-state index contributed by atoms with van der Waals surface area (Å²) in [6.45, 7) is 5.22. The number of fused-ring (bicyclic) bond motifs is 1. The van der Waals surface area contributed by atoms with E-state index in [9.17, 15) is 5.11 Å². The molecular weight excluding hydrogens is 302 g/mol. The molecule has 0 amide bonds. The highest BCUT2D eigenvalue weighted by atomic mass is 35.5. The second-order valence-corrected chi connectivity index (χ2v) is 5.97. The summed E-state index contributed by atoms with van der Waals surface area (Å²) in [7, 11) is 1.51. The van der Waals surface area contributed by atoms with Gasteiger partial charge in [0.15, 0.2) is 11.5 Å². The zero-order chi connectivity index (χ0) is 15.7. The molecule has 118 valence electrons. The molecule has 0 spiro atoms. The molecule has 0 radical (unpaired) electrons. The van der Waals surface area contributed by atoms with E-state index in [1.165, 1.54) is 18.4 Å². The summed E-state index contributed by atoms with van der Waals surface area (Å²) in [6.07, 6.45) is 2.12. The van der Waals surface area contributed by atoms with Crippen molar-refractivity contribution in [3.8, 4) is 22.8 Å².